The van der Waals surface area contributed by atoms with E-state index < -0.39 is 0 Å². The Morgan fingerprint density at radius 1 is 1.35 bits per heavy atom. The fourth-order valence-corrected chi connectivity index (χ4v) is 2.87. The summed E-state index contributed by atoms with van der Waals surface area (Å²) in [6, 6.07) is 6.51. The maximum atomic E-state index is 5.93. The van der Waals surface area contributed by atoms with Gasteiger partial charge in [-0.05, 0) is 31.9 Å². The van der Waals surface area contributed by atoms with Crippen LogP contribution in [0.3, 0.4) is 0 Å². The molecular weight excluding hydrogens is 318 g/mol. The van der Waals surface area contributed by atoms with Crippen LogP contribution in [0, 0.1) is 6.92 Å². The van der Waals surface area contributed by atoms with Gasteiger partial charge in [-0.15, -0.1) is 5.10 Å². The van der Waals surface area contributed by atoms with Gasteiger partial charge in [-0.1, -0.05) is 27.6 Å². The first-order valence-electron chi connectivity index (χ1n) is 6.83. The molecule has 5 nitrogen and oxygen atoms in total. The van der Waals surface area contributed by atoms with Crippen molar-refractivity contribution in [1.29, 1.82) is 0 Å². The third-order valence-corrected chi connectivity index (χ3v) is 4.36. The summed E-state index contributed by atoms with van der Waals surface area (Å²) in [4.78, 5) is 6.81. The van der Waals surface area contributed by atoms with Crippen molar-refractivity contribution < 1.29 is 0 Å². The minimum atomic E-state index is 0.315. The van der Waals surface area contributed by atoms with Crippen LogP contribution in [0.15, 0.2) is 22.7 Å². The average Bonchev–Trinajstić information content (AvgIpc) is 2.92. The van der Waals surface area contributed by atoms with Gasteiger partial charge in [-0.3, -0.25) is 5.10 Å². The van der Waals surface area contributed by atoms with E-state index >= 15 is 0 Å². The molecule has 0 radical (unpaired) electrons. The number of aryl methyl sites for hydroxylation is 1. The Kier molecular flexibility index (Phi) is 3.76. The first-order valence-corrected chi connectivity index (χ1v) is 7.62. The molecule has 3 rings (SSSR count). The second-order valence-corrected chi connectivity index (χ2v) is 6.15. The Morgan fingerprint density at radius 2 is 2.10 bits per heavy atom. The lowest BCUT2D eigenvalue weighted by Crippen LogP contribution is -2.40. The van der Waals surface area contributed by atoms with Crippen LogP contribution in [0.5, 0.6) is 0 Å². The number of anilines is 1. The van der Waals surface area contributed by atoms with Gasteiger partial charge in [0.05, 0.1) is 0 Å². The zero-order valence-corrected chi connectivity index (χ0v) is 13.0. The number of hydrogen-bond acceptors (Lipinski definition) is 4. The molecule has 6 heteroatoms. The fraction of sp³-hybridized carbons (Fsp3) is 0.429. The summed E-state index contributed by atoms with van der Waals surface area (Å²) in [5.74, 6) is 1.56. The molecule has 0 bridgehead atoms. The van der Waals surface area contributed by atoms with Gasteiger partial charge in [-0.25, -0.2) is 0 Å². The van der Waals surface area contributed by atoms with Crippen LogP contribution in [0.25, 0.3) is 11.4 Å². The smallest absolute Gasteiger partial charge is 0.245 e. The van der Waals surface area contributed by atoms with Crippen LogP contribution in [0.1, 0.15) is 18.4 Å². The highest BCUT2D eigenvalue weighted by Gasteiger charge is 2.20. The molecule has 2 aromatic rings. The van der Waals surface area contributed by atoms with E-state index in [1.807, 2.05) is 6.07 Å². The van der Waals surface area contributed by atoms with E-state index in [0.29, 0.717) is 6.04 Å². The first-order chi connectivity index (χ1) is 9.63. The van der Waals surface area contributed by atoms with Crippen LogP contribution in [-0.2, 0) is 0 Å². The molecule has 106 valence electrons. The number of rotatable bonds is 2. The normalized spacial score (nSPS) is 16.6. The minimum absolute atomic E-state index is 0.315. The highest BCUT2D eigenvalue weighted by molar-refractivity contribution is 9.10. The van der Waals surface area contributed by atoms with Gasteiger partial charge in [0.15, 0.2) is 5.82 Å². The Labute approximate surface area is 126 Å². The van der Waals surface area contributed by atoms with Crippen LogP contribution < -0.4 is 10.6 Å². The summed E-state index contributed by atoms with van der Waals surface area (Å²) < 4.78 is 1.02. The van der Waals surface area contributed by atoms with Gasteiger partial charge in [0, 0.05) is 29.2 Å². The number of piperidine rings is 1. The second kappa shape index (κ2) is 5.54. The number of nitrogens with two attached hydrogens (primary N) is 1. The molecule has 0 unspecified atom stereocenters. The van der Waals surface area contributed by atoms with E-state index in [0.717, 1.165) is 47.7 Å². The SMILES string of the molecule is Cc1ccc(Br)c(-c2nc(N3CCC(N)CC3)n[nH]2)c1. The molecule has 2 heterocycles. The highest BCUT2D eigenvalue weighted by Crippen LogP contribution is 2.28. The molecule has 1 fully saturated rings. The van der Waals surface area contributed by atoms with E-state index in [-0.39, 0.29) is 0 Å². The van der Waals surface area contributed by atoms with Crippen molar-refractivity contribution in [2.45, 2.75) is 25.8 Å². The van der Waals surface area contributed by atoms with Crippen molar-refractivity contribution >= 4 is 21.9 Å². The lowest BCUT2D eigenvalue weighted by atomic mass is 10.1. The summed E-state index contributed by atoms with van der Waals surface area (Å²) in [7, 11) is 0. The number of aromatic amines is 1. The van der Waals surface area contributed by atoms with E-state index in [2.05, 4.69) is 55.1 Å². The van der Waals surface area contributed by atoms with Crippen LogP contribution in [0.2, 0.25) is 0 Å². The Hall–Kier alpha value is -1.40. The van der Waals surface area contributed by atoms with Crippen molar-refractivity contribution in [2.75, 3.05) is 18.0 Å². The molecule has 3 N–H and O–H groups in total. The molecular formula is C14H18BrN5. The predicted octanol–water partition coefficient (Wildman–Crippen LogP) is 2.47. The Morgan fingerprint density at radius 3 is 2.85 bits per heavy atom. The number of benzene rings is 1. The van der Waals surface area contributed by atoms with Gasteiger partial charge in [0.2, 0.25) is 5.95 Å². The van der Waals surface area contributed by atoms with Crippen molar-refractivity contribution in [2.24, 2.45) is 5.73 Å². The topological polar surface area (TPSA) is 70.8 Å². The van der Waals surface area contributed by atoms with E-state index in [1.165, 1.54) is 5.56 Å². The molecule has 1 aromatic heterocycles. The number of halogens is 1. The molecule has 0 atom stereocenters. The molecule has 1 aliphatic rings. The van der Waals surface area contributed by atoms with Crippen molar-refractivity contribution in [3.05, 3.63) is 28.2 Å². The van der Waals surface area contributed by atoms with Crippen LogP contribution in [0.4, 0.5) is 5.95 Å². The maximum absolute atomic E-state index is 5.93. The standard InChI is InChI=1S/C14H18BrN5/c1-9-2-3-12(15)11(8-9)13-17-14(19-18-13)20-6-4-10(16)5-7-20/h2-3,8,10H,4-7,16H2,1H3,(H,17,18,19). The maximum Gasteiger partial charge on any atom is 0.245 e. The zero-order valence-electron chi connectivity index (χ0n) is 11.4. The second-order valence-electron chi connectivity index (χ2n) is 5.29. The van der Waals surface area contributed by atoms with Gasteiger partial charge in [0.1, 0.15) is 0 Å². The van der Waals surface area contributed by atoms with Gasteiger partial charge in [-0.2, -0.15) is 4.98 Å². The first kappa shape index (κ1) is 13.6. The summed E-state index contributed by atoms with van der Waals surface area (Å²) in [6.07, 6.45) is 2.00. The molecule has 1 saturated heterocycles. The molecule has 1 aliphatic heterocycles. The summed E-state index contributed by atoms with van der Waals surface area (Å²) in [5, 5.41) is 7.37. The number of hydrogen-bond donors (Lipinski definition) is 2. The lowest BCUT2D eigenvalue weighted by molar-refractivity contribution is 0.496. The monoisotopic (exact) mass is 335 g/mol. The molecule has 0 aliphatic carbocycles. The fourth-order valence-electron chi connectivity index (χ4n) is 2.43. The quantitative estimate of drug-likeness (QED) is 0.884. The molecule has 20 heavy (non-hydrogen) atoms. The lowest BCUT2D eigenvalue weighted by Gasteiger charge is -2.28. The van der Waals surface area contributed by atoms with Gasteiger partial charge in [0.25, 0.3) is 0 Å². The third-order valence-electron chi connectivity index (χ3n) is 3.67. The molecule has 0 amide bonds. The van der Waals surface area contributed by atoms with E-state index in [4.69, 9.17) is 5.73 Å². The number of aromatic nitrogens is 3. The number of nitrogens with zero attached hydrogens (tertiary/aromatic N) is 3. The Balaban J connectivity index is 1.85. The van der Waals surface area contributed by atoms with E-state index in [1.54, 1.807) is 0 Å². The van der Waals surface area contributed by atoms with Crippen molar-refractivity contribution in [3.63, 3.8) is 0 Å². The molecule has 1 aromatic carbocycles. The zero-order chi connectivity index (χ0) is 14.1. The predicted molar refractivity (Wildman–Crippen MR) is 83.7 cm³/mol. The van der Waals surface area contributed by atoms with Crippen LogP contribution >= 0.6 is 15.9 Å². The van der Waals surface area contributed by atoms with Crippen LogP contribution in [-0.4, -0.2) is 34.3 Å². The van der Waals surface area contributed by atoms with Crippen molar-refractivity contribution in [1.82, 2.24) is 15.2 Å². The minimum Gasteiger partial charge on any atom is -0.339 e. The van der Waals surface area contributed by atoms with Gasteiger partial charge < -0.3 is 10.6 Å². The van der Waals surface area contributed by atoms with Crippen molar-refractivity contribution in [3.8, 4) is 11.4 Å². The molecule has 0 saturated carbocycles. The number of nitrogens with one attached hydrogen (secondary N) is 1. The van der Waals surface area contributed by atoms with Gasteiger partial charge >= 0.3 is 0 Å². The summed E-state index contributed by atoms with van der Waals surface area (Å²) in [5.41, 5.74) is 8.16. The Bertz CT molecular complexity index is 601. The summed E-state index contributed by atoms with van der Waals surface area (Å²) >= 11 is 3.56. The van der Waals surface area contributed by atoms with E-state index in [9.17, 15) is 0 Å². The average molecular weight is 336 g/mol. The molecule has 0 spiro atoms. The number of H-pyrrole nitrogens is 1. The highest BCUT2D eigenvalue weighted by atomic mass is 79.9. The third kappa shape index (κ3) is 2.71. The summed E-state index contributed by atoms with van der Waals surface area (Å²) in [6.45, 7) is 3.92. The largest absolute Gasteiger partial charge is 0.339 e.